The maximum Gasteiger partial charge on any atom is 0.191 e. The average molecular weight is 545 g/mol. The Balaban J connectivity index is 0.00000392. The SMILES string of the molecule is CCNC(=NCC(C)N1CCOCC1C)NCC(O)c1cc(Cl)cc(Cl)c1.I. The van der Waals surface area contributed by atoms with Crippen LogP contribution in [0.4, 0.5) is 0 Å². The van der Waals surface area contributed by atoms with Crippen LogP contribution < -0.4 is 10.6 Å². The van der Waals surface area contributed by atoms with E-state index in [-0.39, 0.29) is 24.0 Å². The number of morpholine rings is 1. The third-order valence-electron chi connectivity index (χ3n) is 4.58. The monoisotopic (exact) mass is 544 g/mol. The van der Waals surface area contributed by atoms with Crippen LogP contribution in [0.15, 0.2) is 23.2 Å². The molecule has 1 aromatic rings. The number of halogens is 3. The molecule has 9 heteroatoms. The van der Waals surface area contributed by atoms with Crippen molar-refractivity contribution in [3.8, 4) is 0 Å². The van der Waals surface area contributed by atoms with Gasteiger partial charge in [0.2, 0.25) is 0 Å². The molecule has 0 saturated carbocycles. The van der Waals surface area contributed by atoms with Crippen molar-refractivity contribution in [3.05, 3.63) is 33.8 Å². The van der Waals surface area contributed by atoms with Gasteiger partial charge in [-0.15, -0.1) is 24.0 Å². The number of benzene rings is 1. The lowest BCUT2D eigenvalue weighted by atomic mass is 10.1. The molecule has 0 aromatic heterocycles. The Labute approximate surface area is 195 Å². The van der Waals surface area contributed by atoms with Gasteiger partial charge >= 0.3 is 0 Å². The first-order chi connectivity index (χ1) is 12.9. The molecule has 0 bridgehead atoms. The van der Waals surface area contributed by atoms with Crippen molar-refractivity contribution in [2.24, 2.45) is 4.99 Å². The molecule has 1 heterocycles. The second-order valence-electron chi connectivity index (χ2n) is 6.83. The molecule has 1 aliphatic heterocycles. The van der Waals surface area contributed by atoms with Crippen molar-refractivity contribution < 1.29 is 9.84 Å². The highest BCUT2D eigenvalue weighted by atomic mass is 127. The first-order valence-corrected chi connectivity index (χ1v) is 10.2. The van der Waals surface area contributed by atoms with Gasteiger partial charge in [-0.2, -0.15) is 0 Å². The van der Waals surface area contributed by atoms with Crippen LogP contribution in [0, 0.1) is 0 Å². The standard InChI is InChI=1S/C19H30Cl2N4O2.HI/c1-4-22-19(23-10-13(2)25-5-6-27-12-14(25)3)24-11-18(26)15-7-16(20)9-17(21)8-15;/h7-9,13-14,18,26H,4-6,10-12H2,1-3H3,(H2,22,23,24);1H. The van der Waals surface area contributed by atoms with Crippen LogP contribution in [0.25, 0.3) is 0 Å². The summed E-state index contributed by atoms with van der Waals surface area (Å²) in [6.45, 7) is 10.5. The number of aliphatic imine (C=N–C) groups is 1. The van der Waals surface area contributed by atoms with E-state index >= 15 is 0 Å². The number of nitrogens with zero attached hydrogens (tertiary/aromatic N) is 2. The number of aliphatic hydroxyl groups excluding tert-OH is 1. The molecule has 160 valence electrons. The van der Waals surface area contributed by atoms with Gasteiger partial charge in [-0.25, -0.2) is 0 Å². The third kappa shape index (κ3) is 8.20. The van der Waals surface area contributed by atoms with E-state index < -0.39 is 6.10 Å². The van der Waals surface area contributed by atoms with Crippen LogP contribution in [0.1, 0.15) is 32.4 Å². The van der Waals surface area contributed by atoms with Gasteiger partial charge in [-0.3, -0.25) is 9.89 Å². The van der Waals surface area contributed by atoms with E-state index in [0.717, 1.165) is 26.3 Å². The van der Waals surface area contributed by atoms with Gasteiger partial charge in [-0.05, 0) is 44.5 Å². The summed E-state index contributed by atoms with van der Waals surface area (Å²) in [7, 11) is 0. The second kappa shape index (κ2) is 13.1. The molecular weight excluding hydrogens is 514 g/mol. The van der Waals surface area contributed by atoms with Gasteiger partial charge < -0.3 is 20.5 Å². The molecule has 3 N–H and O–H groups in total. The van der Waals surface area contributed by atoms with E-state index in [1.54, 1.807) is 18.2 Å². The van der Waals surface area contributed by atoms with Gasteiger partial charge in [0.15, 0.2) is 5.96 Å². The van der Waals surface area contributed by atoms with Crippen molar-refractivity contribution >= 4 is 53.1 Å². The molecule has 2 rings (SSSR count). The summed E-state index contributed by atoms with van der Waals surface area (Å²) in [5, 5.41) is 17.8. The summed E-state index contributed by atoms with van der Waals surface area (Å²) >= 11 is 12.0. The molecule has 0 radical (unpaired) electrons. The summed E-state index contributed by atoms with van der Waals surface area (Å²) in [5.41, 5.74) is 0.673. The fourth-order valence-corrected chi connectivity index (χ4v) is 3.69. The number of hydrogen-bond donors (Lipinski definition) is 3. The molecule has 1 saturated heterocycles. The van der Waals surface area contributed by atoms with E-state index in [2.05, 4.69) is 34.4 Å². The Hall–Kier alpha value is -0.320. The van der Waals surface area contributed by atoms with Gasteiger partial charge in [-0.1, -0.05) is 23.2 Å². The first kappa shape index (κ1) is 25.7. The number of ether oxygens (including phenoxy) is 1. The van der Waals surface area contributed by atoms with E-state index in [1.165, 1.54) is 0 Å². The zero-order valence-electron chi connectivity index (χ0n) is 16.6. The van der Waals surface area contributed by atoms with Crippen molar-refractivity contribution in [1.29, 1.82) is 0 Å². The number of nitrogens with one attached hydrogen (secondary N) is 2. The molecule has 0 aliphatic carbocycles. The van der Waals surface area contributed by atoms with Crippen LogP contribution in [0.2, 0.25) is 10.0 Å². The van der Waals surface area contributed by atoms with Crippen molar-refractivity contribution in [3.63, 3.8) is 0 Å². The van der Waals surface area contributed by atoms with Crippen molar-refractivity contribution in [2.45, 2.75) is 39.0 Å². The molecule has 0 amide bonds. The molecule has 3 unspecified atom stereocenters. The lowest BCUT2D eigenvalue weighted by Crippen LogP contribution is -2.49. The molecule has 3 atom stereocenters. The zero-order chi connectivity index (χ0) is 19.8. The van der Waals surface area contributed by atoms with Crippen molar-refractivity contribution in [2.75, 3.05) is 39.4 Å². The molecule has 0 spiro atoms. The summed E-state index contributed by atoms with van der Waals surface area (Å²) in [6.07, 6.45) is -0.734. The average Bonchev–Trinajstić information content (AvgIpc) is 2.63. The molecule has 1 aliphatic rings. The highest BCUT2D eigenvalue weighted by Gasteiger charge is 2.23. The number of rotatable bonds is 7. The van der Waals surface area contributed by atoms with Gasteiger partial charge in [0, 0.05) is 41.8 Å². The van der Waals surface area contributed by atoms with Crippen molar-refractivity contribution in [1.82, 2.24) is 15.5 Å². The van der Waals surface area contributed by atoms with E-state index in [4.69, 9.17) is 27.9 Å². The number of guanidine groups is 1. The van der Waals surface area contributed by atoms with E-state index in [0.29, 0.717) is 46.7 Å². The van der Waals surface area contributed by atoms with Gasteiger partial charge in [0.1, 0.15) is 0 Å². The number of aliphatic hydroxyl groups is 1. The van der Waals surface area contributed by atoms with Gasteiger partial charge in [0.25, 0.3) is 0 Å². The lowest BCUT2D eigenvalue weighted by Gasteiger charge is -2.37. The second-order valence-corrected chi connectivity index (χ2v) is 7.70. The van der Waals surface area contributed by atoms with Gasteiger partial charge in [0.05, 0.1) is 25.9 Å². The summed E-state index contributed by atoms with van der Waals surface area (Å²) in [6, 6.07) is 5.79. The third-order valence-corrected chi connectivity index (χ3v) is 5.01. The minimum atomic E-state index is -0.734. The Bertz CT molecular complexity index is 616. The smallest absolute Gasteiger partial charge is 0.191 e. The van der Waals surface area contributed by atoms with E-state index in [9.17, 15) is 5.11 Å². The van der Waals surface area contributed by atoms with Crippen LogP contribution in [-0.4, -0.2) is 67.4 Å². The van der Waals surface area contributed by atoms with Crippen LogP contribution in [-0.2, 0) is 4.74 Å². The maximum absolute atomic E-state index is 10.4. The molecular formula is C19H31Cl2IN4O2. The van der Waals surface area contributed by atoms with E-state index in [1.807, 2.05) is 6.92 Å². The fourth-order valence-electron chi connectivity index (χ4n) is 3.14. The largest absolute Gasteiger partial charge is 0.387 e. The highest BCUT2D eigenvalue weighted by Crippen LogP contribution is 2.23. The van der Waals surface area contributed by atoms with Crippen LogP contribution >= 0.6 is 47.2 Å². The quantitative estimate of drug-likeness (QED) is 0.279. The molecule has 28 heavy (non-hydrogen) atoms. The summed E-state index contributed by atoms with van der Waals surface area (Å²) in [4.78, 5) is 7.09. The summed E-state index contributed by atoms with van der Waals surface area (Å²) in [5.74, 6) is 0.678. The Morgan fingerprint density at radius 1 is 1.32 bits per heavy atom. The van der Waals surface area contributed by atoms with Crippen LogP contribution in [0.3, 0.4) is 0 Å². The topological polar surface area (TPSA) is 69.1 Å². The normalized spacial score (nSPS) is 20.2. The highest BCUT2D eigenvalue weighted by molar-refractivity contribution is 14.0. The minimum absolute atomic E-state index is 0. The Morgan fingerprint density at radius 2 is 2.00 bits per heavy atom. The van der Waals surface area contributed by atoms with Crippen LogP contribution in [0.5, 0.6) is 0 Å². The Kier molecular flexibility index (Phi) is 12.0. The fraction of sp³-hybridized carbons (Fsp3) is 0.632. The molecule has 6 nitrogen and oxygen atoms in total. The Morgan fingerprint density at radius 3 is 2.61 bits per heavy atom. The maximum atomic E-state index is 10.4. The molecule has 1 aromatic carbocycles. The zero-order valence-corrected chi connectivity index (χ0v) is 20.5. The summed E-state index contributed by atoms with van der Waals surface area (Å²) < 4.78 is 5.50. The molecule has 1 fully saturated rings. The minimum Gasteiger partial charge on any atom is -0.387 e. The predicted molar refractivity (Wildman–Crippen MR) is 127 cm³/mol. The first-order valence-electron chi connectivity index (χ1n) is 9.40. The lowest BCUT2D eigenvalue weighted by molar-refractivity contribution is -0.0165. The predicted octanol–water partition coefficient (Wildman–Crippen LogP) is 3.31. The number of hydrogen-bond acceptors (Lipinski definition) is 4.